The van der Waals surface area contributed by atoms with E-state index in [0.29, 0.717) is 19.4 Å². The van der Waals surface area contributed by atoms with Crippen molar-refractivity contribution in [3.63, 3.8) is 0 Å². The number of hydrogen-bond acceptors (Lipinski definition) is 5. The Morgan fingerprint density at radius 3 is 2.56 bits per heavy atom. The SMILES string of the molecule is C=C[C@]1(C)C[C@@H](OC(=O)CN(CC)Cc2ccccc2)[C@@]2(C)C3C(=O)CC[C@@]3(CC[C@H]2C)[C@@H](C)[C@@H]1O. The van der Waals surface area contributed by atoms with Gasteiger partial charge < -0.3 is 9.84 Å². The number of nitrogens with zero attached hydrogens (tertiary/aromatic N) is 1. The summed E-state index contributed by atoms with van der Waals surface area (Å²) in [7, 11) is 0. The molecule has 5 heteroatoms. The van der Waals surface area contributed by atoms with Crippen molar-refractivity contribution in [1.82, 2.24) is 4.90 Å². The van der Waals surface area contributed by atoms with Crippen molar-refractivity contribution < 1.29 is 19.4 Å². The van der Waals surface area contributed by atoms with E-state index in [-0.39, 0.29) is 41.5 Å². The van der Waals surface area contributed by atoms with Gasteiger partial charge in [-0.2, -0.15) is 0 Å². The van der Waals surface area contributed by atoms with Crippen LogP contribution in [-0.4, -0.2) is 47.1 Å². The zero-order valence-electron chi connectivity index (χ0n) is 22.8. The number of aliphatic hydroxyl groups is 1. The van der Waals surface area contributed by atoms with Crippen LogP contribution in [0, 0.1) is 34.0 Å². The minimum absolute atomic E-state index is 0.0260. The van der Waals surface area contributed by atoms with Crippen LogP contribution in [0.25, 0.3) is 0 Å². The summed E-state index contributed by atoms with van der Waals surface area (Å²) in [6.45, 7) is 16.3. The van der Waals surface area contributed by atoms with Gasteiger partial charge in [0.25, 0.3) is 0 Å². The van der Waals surface area contributed by atoms with E-state index in [1.165, 1.54) is 0 Å². The average molecular weight is 496 g/mol. The number of ether oxygens (including phenoxy) is 1. The van der Waals surface area contributed by atoms with Gasteiger partial charge in [0.05, 0.1) is 12.6 Å². The molecule has 3 aliphatic rings. The van der Waals surface area contributed by atoms with Crippen LogP contribution in [-0.2, 0) is 20.9 Å². The van der Waals surface area contributed by atoms with E-state index < -0.39 is 23.0 Å². The molecule has 0 spiro atoms. The van der Waals surface area contributed by atoms with Crippen molar-refractivity contribution in [2.45, 2.75) is 85.5 Å². The summed E-state index contributed by atoms with van der Waals surface area (Å²) in [5.74, 6) is 0.0330. The first-order valence-corrected chi connectivity index (χ1v) is 13.8. The van der Waals surface area contributed by atoms with Gasteiger partial charge in [-0.25, -0.2) is 0 Å². The fourth-order valence-corrected chi connectivity index (χ4v) is 8.00. The predicted octanol–water partition coefficient (Wildman–Crippen LogP) is 5.42. The molecule has 0 radical (unpaired) electrons. The van der Waals surface area contributed by atoms with Crippen molar-refractivity contribution in [2.24, 2.45) is 34.0 Å². The number of carbonyl (C=O) groups excluding carboxylic acids is 2. The topological polar surface area (TPSA) is 66.8 Å². The lowest BCUT2D eigenvalue weighted by atomic mass is 9.44. The Kier molecular flexibility index (Phi) is 7.56. The fraction of sp³-hybridized carbons (Fsp3) is 0.677. The molecular weight excluding hydrogens is 450 g/mol. The van der Waals surface area contributed by atoms with Gasteiger partial charge in [-0.05, 0) is 55.0 Å². The van der Waals surface area contributed by atoms with Gasteiger partial charge in [-0.3, -0.25) is 14.5 Å². The molecule has 3 aliphatic carbocycles. The van der Waals surface area contributed by atoms with Gasteiger partial charge in [-0.1, -0.05) is 71.0 Å². The van der Waals surface area contributed by atoms with Gasteiger partial charge in [0.2, 0.25) is 0 Å². The zero-order valence-corrected chi connectivity index (χ0v) is 22.8. The summed E-state index contributed by atoms with van der Waals surface area (Å²) in [4.78, 5) is 29.1. The molecule has 1 aromatic carbocycles. The normalized spacial score (nSPS) is 40.3. The van der Waals surface area contributed by atoms with E-state index in [1.807, 2.05) is 31.2 Å². The summed E-state index contributed by atoms with van der Waals surface area (Å²) in [5, 5.41) is 11.7. The van der Waals surface area contributed by atoms with Gasteiger partial charge in [-0.15, -0.1) is 6.58 Å². The Hall–Kier alpha value is -1.98. The molecule has 5 nitrogen and oxygen atoms in total. The molecule has 0 heterocycles. The van der Waals surface area contributed by atoms with Crippen LogP contribution < -0.4 is 0 Å². The lowest BCUT2D eigenvalue weighted by Gasteiger charge is -2.61. The zero-order chi connectivity index (χ0) is 26.3. The Bertz CT molecular complexity index is 978. The Balaban J connectivity index is 1.66. The van der Waals surface area contributed by atoms with Gasteiger partial charge >= 0.3 is 5.97 Å². The predicted molar refractivity (Wildman–Crippen MR) is 142 cm³/mol. The summed E-state index contributed by atoms with van der Waals surface area (Å²) < 4.78 is 6.40. The molecule has 8 atom stereocenters. The van der Waals surface area contributed by atoms with Crippen molar-refractivity contribution in [3.05, 3.63) is 48.6 Å². The number of hydrogen-bond donors (Lipinski definition) is 1. The van der Waals surface area contributed by atoms with Crippen molar-refractivity contribution in [3.8, 4) is 0 Å². The number of carbonyl (C=O) groups is 2. The van der Waals surface area contributed by atoms with Crippen LogP contribution in [0.4, 0.5) is 0 Å². The van der Waals surface area contributed by atoms with Crippen LogP contribution in [0.3, 0.4) is 0 Å². The highest BCUT2D eigenvalue weighted by atomic mass is 16.5. The Morgan fingerprint density at radius 1 is 1.22 bits per heavy atom. The highest BCUT2D eigenvalue weighted by Crippen LogP contribution is 2.67. The third-order valence-electron chi connectivity index (χ3n) is 10.6. The monoisotopic (exact) mass is 495 g/mol. The minimum atomic E-state index is -0.646. The highest BCUT2D eigenvalue weighted by Gasteiger charge is 2.68. The summed E-state index contributed by atoms with van der Waals surface area (Å²) in [6, 6.07) is 10.1. The smallest absolute Gasteiger partial charge is 0.320 e. The molecule has 1 unspecified atom stereocenters. The number of rotatable bonds is 7. The molecule has 1 N–H and O–H groups in total. The van der Waals surface area contributed by atoms with Crippen molar-refractivity contribution in [2.75, 3.05) is 13.1 Å². The molecule has 3 saturated carbocycles. The summed E-state index contributed by atoms with van der Waals surface area (Å²) in [6.07, 6.45) is 4.49. The van der Waals surface area contributed by atoms with Crippen LogP contribution >= 0.6 is 0 Å². The maximum atomic E-state index is 13.5. The van der Waals surface area contributed by atoms with Crippen LogP contribution in [0.2, 0.25) is 0 Å². The molecule has 0 aromatic heterocycles. The van der Waals surface area contributed by atoms with E-state index in [0.717, 1.165) is 31.4 Å². The number of aliphatic hydroxyl groups excluding tert-OH is 1. The Morgan fingerprint density at radius 2 is 1.92 bits per heavy atom. The number of Topliss-reactive ketones (excluding diaryl/α,β-unsaturated/α-hetero) is 1. The molecule has 0 saturated heterocycles. The first kappa shape index (κ1) is 27.1. The van der Waals surface area contributed by atoms with Crippen LogP contribution in [0.1, 0.15) is 72.3 Å². The van der Waals surface area contributed by atoms with Crippen molar-refractivity contribution in [1.29, 1.82) is 0 Å². The minimum Gasteiger partial charge on any atom is -0.461 e. The maximum absolute atomic E-state index is 13.5. The molecule has 36 heavy (non-hydrogen) atoms. The van der Waals surface area contributed by atoms with Gasteiger partial charge in [0.1, 0.15) is 11.9 Å². The number of esters is 1. The molecule has 4 rings (SSSR count). The molecule has 2 bridgehead atoms. The third-order valence-corrected chi connectivity index (χ3v) is 10.6. The highest BCUT2D eigenvalue weighted by molar-refractivity contribution is 5.85. The maximum Gasteiger partial charge on any atom is 0.320 e. The van der Waals surface area contributed by atoms with Crippen LogP contribution in [0.15, 0.2) is 43.0 Å². The number of likely N-dealkylation sites (N-methyl/N-ethyl adjacent to an activating group) is 1. The molecule has 0 aliphatic heterocycles. The van der Waals surface area contributed by atoms with E-state index in [1.54, 1.807) is 0 Å². The molecule has 198 valence electrons. The van der Waals surface area contributed by atoms with E-state index in [2.05, 4.69) is 51.3 Å². The van der Waals surface area contributed by atoms with Gasteiger partial charge in [0.15, 0.2) is 0 Å². The van der Waals surface area contributed by atoms with E-state index >= 15 is 0 Å². The summed E-state index contributed by atoms with van der Waals surface area (Å²) in [5.41, 5.74) is -0.184. The van der Waals surface area contributed by atoms with Crippen LogP contribution in [0.5, 0.6) is 0 Å². The van der Waals surface area contributed by atoms with E-state index in [4.69, 9.17) is 4.74 Å². The second-order valence-corrected chi connectivity index (χ2v) is 12.4. The Labute approximate surface area is 217 Å². The standard InChI is InChI=1S/C31H45NO4/c1-7-29(5)18-25(36-26(34)20-32(8-2)19-23-12-10-9-11-13-23)30(6)21(3)14-16-31(22(4)28(29)35)17-15-24(33)27(30)31/h7,9-13,21-22,25,27-28,35H,1,8,14-20H2,2-6H3/t21-,22+,25-,27?,28+,29-,30+,31+/m1/s1. The molecule has 0 amide bonds. The first-order chi connectivity index (χ1) is 17.0. The first-order valence-electron chi connectivity index (χ1n) is 13.8. The quantitative estimate of drug-likeness (QED) is 0.404. The second-order valence-electron chi connectivity index (χ2n) is 12.4. The molecule has 1 aromatic rings. The van der Waals surface area contributed by atoms with Crippen molar-refractivity contribution >= 4 is 11.8 Å². The summed E-state index contributed by atoms with van der Waals surface area (Å²) >= 11 is 0. The molecular formula is C31H45NO4. The second kappa shape index (κ2) is 10.1. The third kappa shape index (κ3) is 4.36. The molecule has 3 fully saturated rings. The van der Waals surface area contributed by atoms with Gasteiger partial charge in [0, 0.05) is 29.7 Å². The fourth-order valence-electron chi connectivity index (χ4n) is 8.00. The largest absolute Gasteiger partial charge is 0.461 e. The van der Waals surface area contributed by atoms with E-state index in [9.17, 15) is 14.7 Å². The lowest BCUT2D eigenvalue weighted by molar-refractivity contribution is -0.207. The number of ketones is 1. The number of benzene rings is 1. The lowest BCUT2D eigenvalue weighted by Crippen LogP contribution is -2.63. The average Bonchev–Trinajstić information content (AvgIpc) is 3.22.